The van der Waals surface area contributed by atoms with Crippen molar-refractivity contribution in [1.29, 1.82) is 0 Å². The van der Waals surface area contributed by atoms with Crippen molar-refractivity contribution in [2.75, 3.05) is 0 Å². The maximum Gasteiger partial charge on any atom is 0.238 e. The van der Waals surface area contributed by atoms with Crippen molar-refractivity contribution in [3.63, 3.8) is 0 Å². The Hall–Kier alpha value is -13.7. The lowest BCUT2D eigenvalue weighted by Gasteiger charge is -2.12. The molecule has 0 bridgehead atoms. The van der Waals surface area contributed by atoms with Crippen LogP contribution < -0.4 is 0 Å². The Morgan fingerprint density at radius 3 is 1.23 bits per heavy atom. The molecule has 100 heavy (non-hydrogen) atoms. The number of nitrogens with zero attached hydrogens (tertiary/aromatic N) is 8. The number of hydrogen-bond acceptors (Lipinski definition) is 8. The highest BCUT2D eigenvalue weighted by atomic mass is 16.3. The molecule has 0 atom stereocenters. The fourth-order valence-electron chi connectivity index (χ4n) is 14.8. The molecule has 0 N–H and O–H groups in total. The van der Waals surface area contributed by atoms with Gasteiger partial charge in [-0.05, 0) is 135 Å². The van der Waals surface area contributed by atoms with Crippen LogP contribution in [0.3, 0.4) is 0 Å². The Labute approximate surface area is 572 Å². The summed E-state index contributed by atoms with van der Waals surface area (Å²) in [5, 5.41) is 8.36. The van der Waals surface area contributed by atoms with Gasteiger partial charge >= 0.3 is 0 Å². The second kappa shape index (κ2) is 23.0. The van der Waals surface area contributed by atoms with E-state index < -0.39 is 0 Å². The van der Waals surface area contributed by atoms with Crippen LogP contribution in [0.4, 0.5) is 0 Å². The highest BCUT2D eigenvalue weighted by Gasteiger charge is 2.25. The molecule has 20 aromatic rings. The van der Waals surface area contributed by atoms with E-state index in [1.807, 2.05) is 78.9 Å². The molecule has 0 saturated heterocycles. The SMILES string of the molecule is c1ccc(-c2ccc3c4ccccc4n(-c4nc(-c5ccccc5)nc(-c5ccc6oc7c(-c8cccc(-c9ccc%10c(c9)c9ccccc9n%10-c9nc(-c%10ccccc%10)nc(-c%10ccc%11oc%12cccc(-c%13ccccc%13)c%12c%11c%10)n9)c8)ccc(-c8ccccc8)c7c6c5)n4)c3c2)cc1. The number of aromatic nitrogens is 8. The summed E-state index contributed by atoms with van der Waals surface area (Å²) in [6, 6.07) is 114. The first-order chi connectivity index (χ1) is 49.5. The molecule has 0 amide bonds. The maximum absolute atomic E-state index is 7.15. The van der Waals surface area contributed by atoms with Crippen LogP contribution in [0, 0.1) is 0 Å². The number of hydrogen-bond donors (Lipinski definition) is 0. The Morgan fingerprint density at radius 2 is 0.610 bits per heavy atom. The van der Waals surface area contributed by atoms with Gasteiger partial charge in [0.15, 0.2) is 23.3 Å². The van der Waals surface area contributed by atoms with Crippen LogP contribution >= 0.6 is 0 Å². The molecule has 20 rings (SSSR count). The minimum Gasteiger partial charge on any atom is -0.456 e. The van der Waals surface area contributed by atoms with Gasteiger partial charge in [0.2, 0.25) is 11.9 Å². The maximum atomic E-state index is 7.15. The molecule has 0 radical (unpaired) electrons. The van der Waals surface area contributed by atoms with Crippen LogP contribution in [0.15, 0.2) is 336 Å². The van der Waals surface area contributed by atoms with Crippen LogP contribution in [0.1, 0.15) is 0 Å². The van der Waals surface area contributed by atoms with Crippen LogP contribution in [-0.4, -0.2) is 39.0 Å². The van der Waals surface area contributed by atoms with Gasteiger partial charge in [0.1, 0.15) is 22.3 Å². The first kappa shape index (κ1) is 56.6. The zero-order chi connectivity index (χ0) is 65.8. The molecule has 0 unspecified atom stereocenters. The van der Waals surface area contributed by atoms with E-state index in [0.29, 0.717) is 35.2 Å². The molecule has 6 aromatic heterocycles. The van der Waals surface area contributed by atoms with E-state index in [4.69, 9.17) is 38.7 Å². The predicted octanol–water partition coefficient (Wildman–Crippen LogP) is 23.1. The summed E-state index contributed by atoms with van der Waals surface area (Å²) in [5.41, 5.74) is 21.2. The third kappa shape index (κ3) is 9.41. The molecule has 0 spiro atoms. The van der Waals surface area contributed by atoms with Gasteiger partial charge in [0.25, 0.3) is 0 Å². The number of para-hydroxylation sites is 2. The van der Waals surface area contributed by atoms with Crippen LogP contribution in [0.25, 0.3) is 201 Å². The number of rotatable bonds is 11. The smallest absolute Gasteiger partial charge is 0.238 e. The third-order valence-electron chi connectivity index (χ3n) is 19.5. The first-order valence-electron chi connectivity index (χ1n) is 33.5. The molecule has 0 saturated carbocycles. The molecule has 0 aliphatic heterocycles. The molecule has 0 aliphatic carbocycles. The van der Waals surface area contributed by atoms with Crippen LogP contribution in [-0.2, 0) is 0 Å². The molecule has 0 aliphatic rings. The van der Waals surface area contributed by atoms with Crippen LogP contribution in [0.5, 0.6) is 0 Å². The van der Waals surface area contributed by atoms with Gasteiger partial charge in [-0.2, -0.15) is 19.9 Å². The minimum absolute atomic E-state index is 0.514. The van der Waals surface area contributed by atoms with E-state index in [2.05, 4.69) is 258 Å². The second-order valence-corrected chi connectivity index (χ2v) is 25.3. The summed E-state index contributed by atoms with van der Waals surface area (Å²) in [6.45, 7) is 0. The fourth-order valence-corrected chi connectivity index (χ4v) is 14.8. The van der Waals surface area contributed by atoms with Gasteiger partial charge in [-0.1, -0.05) is 243 Å². The van der Waals surface area contributed by atoms with Gasteiger partial charge in [0.05, 0.1) is 22.1 Å². The van der Waals surface area contributed by atoms with E-state index in [0.717, 1.165) is 165 Å². The van der Waals surface area contributed by atoms with E-state index in [1.54, 1.807) is 0 Å². The quantitative estimate of drug-likeness (QED) is 0.126. The lowest BCUT2D eigenvalue weighted by molar-refractivity contribution is 0.669. The number of benzene rings is 14. The summed E-state index contributed by atoms with van der Waals surface area (Å²) in [5.74, 6) is 3.27. The van der Waals surface area contributed by atoms with Gasteiger partial charge in [-0.25, -0.2) is 9.97 Å². The summed E-state index contributed by atoms with van der Waals surface area (Å²) >= 11 is 0. The fraction of sp³-hybridized carbons (Fsp3) is 0. The molecule has 10 nitrogen and oxygen atoms in total. The second-order valence-electron chi connectivity index (χ2n) is 25.3. The van der Waals surface area contributed by atoms with Crippen molar-refractivity contribution in [3.05, 3.63) is 328 Å². The van der Waals surface area contributed by atoms with Crippen molar-refractivity contribution in [2.45, 2.75) is 0 Å². The normalized spacial score (nSPS) is 11.8. The average Bonchev–Trinajstić information content (AvgIpc) is 1.59. The minimum atomic E-state index is 0.514. The van der Waals surface area contributed by atoms with E-state index in [1.165, 1.54) is 0 Å². The molecule has 10 heteroatoms. The van der Waals surface area contributed by atoms with Crippen molar-refractivity contribution in [2.24, 2.45) is 0 Å². The molecule has 0 fully saturated rings. The average molecular weight is 1280 g/mol. The molecular weight excluding hydrogens is 1230 g/mol. The first-order valence-corrected chi connectivity index (χ1v) is 33.5. The summed E-state index contributed by atoms with van der Waals surface area (Å²) in [6.07, 6.45) is 0. The Morgan fingerprint density at radius 1 is 0.200 bits per heavy atom. The summed E-state index contributed by atoms with van der Waals surface area (Å²) in [7, 11) is 0. The molecule has 466 valence electrons. The Balaban J connectivity index is 0.712. The summed E-state index contributed by atoms with van der Waals surface area (Å²) < 4.78 is 18.0. The molecule has 6 heterocycles. The summed E-state index contributed by atoms with van der Waals surface area (Å²) in [4.78, 5) is 31.9. The van der Waals surface area contributed by atoms with Crippen molar-refractivity contribution < 1.29 is 8.83 Å². The lowest BCUT2D eigenvalue weighted by Crippen LogP contribution is -2.06. The van der Waals surface area contributed by atoms with Crippen molar-refractivity contribution in [1.82, 2.24) is 39.0 Å². The standard InChI is InChI=1S/C90H54N8O2/c1-6-22-55(23-7-1)62-40-44-71-69-34-16-18-37-75(69)98(78(71)54-62)90-94-86(59-30-14-5-15-31-59)92-88(96-90)65-43-49-80-74(53-65)83-67(57-26-10-3-11-27-57)45-46-68(84(83)100-80)63-33-20-32-60(50-63)61-41-47-77-72(51-61)70-35-17-19-38-76(70)97(77)89-93-85(58-28-12-4-13-29-58)91-87(95-89)64-42-48-79-73(52-64)82-66(36-21-39-81(82)99-79)56-24-8-2-9-25-56/h1-54H. The lowest BCUT2D eigenvalue weighted by atomic mass is 9.93. The van der Waals surface area contributed by atoms with Gasteiger partial charge < -0.3 is 8.83 Å². The highest BCUT2D eigenvalue weighted by molar-refractivity contribution is 6.18. The largest absolute Gasteiger partial charge is 0.456 e. The Kier molecular flexibility index (Phi) is 13.0. The highest BCUT2D eigenvalue weighted by Crippen LogP contribution is 2.46. The van der Waals surface area contributed by atoms with E-state index in [-0.39, 0.29) is 0 Å². The van der Waals surface area contributed by atoms with Gasteiger partial charge in [0, 0.05) is 70.9 Å². The monoisotopic (exact) mass is 1280 g/mol. The number of fused-ring (bicyclic) bond motifs is 12. The van der Waals surface area contributed by atoms with Crippen LogP contribution in [0.2, 0.25) is 0 Å². The van der Waals surface area contributed by atoms with E-state index >= 15 is 0 Å². The van der Waals surface area contributed by atoms with Crippen molar-refractivity contribution >= 4 is 87.5 Å². The van der Waals surface area contributed by atoms with Crippen molar-refractivity contribution in [3.8, 4) is 113 Å². The van der Waals surface area contributed by atoms with Gasteiger partial charge in [-0.3, -0.25) is 9.13 Å². The topological polar surface area (TPSA) is 113 Å². The van der Waals surface area contributed by atoms with E-state index in [9.17, 15) is 0 Å². The third-order valence-corrected chi connectivity index (χ3v) is 19.5. The zero-order valence-electron chi connectivity index (χ0n) is 53.6. The zero-order valence-corrected chi connectivity index (χ0v) is 53.6. The van der Waals surface area contributed by atoms with Gasteiger partial charge in [-0.15, -0.1) is 0 Å². The molecular formula is C90H54N8O2. The molecule has 14 aromatic carbocycles. The predicted molar refractivity (Wildman–Crippen MR) is 405 cm³/mol. The number of furan rings is 2. The Bertz CT molecular complexity index is 6640.